The molecule has 1 N–H and O–H groups in total. The fourth-order valence-corrected chi connectivity index (χ4v) is 1.88. The summed E-state index contributed by atoms with van der Waals surface area (Å²) in [6, 6.07) is 0.468. The van der Waals surface area contributed by atoms with Crippen LogP contribution < -0.4 is 5.32 Å². The van der Waals surface area contributed by atoms with E-state index in [1.54, 1.807) is 7.11 Å². The van der Waals surface area contributed by atoms with Crippen molar-refractivity contribution in [1.29, 1.82) is 0 Å². The van der Waals surface area contributed by atoms with Gasteiger partial charge in [-0.15, -0.1) is 0 Å². The van der Waals surface area contributed by atoms with Crippen LogP contribution in [0.4, 0.5) is 5.95 Å². The second kappa shape index (κ2) is 8.14. The summed E-state index contributed by atoms with van der Waals surface area (Å²) in [4.78, 5) is 4.37. The Kier molecular flexibility index (Phi) is 6.80. The molecule has 1 rings (SSSR count). The van der Waals surface area contributed by atoms with Gasteiger partial charge in [0.1, 0.15) is 0 Å². The smallest absolute Gasteiger partial charge is 0.202 e. The third-order valence-corrected chi connectivity index (χ3v) is 3.02. The van der Waals surface area contributed by atoms with Gasteiger partial charge < -0.3 is 14.6 Å². The zero-order chi connectivity index (χ0) is 13.4. The predicted octanol–water partition coefficient (Wildman–Crippen LogP) is 3.16. The van der Waals surface area contributed by atoms with Crippen molar-refractivity contribution in [3.05, 3.63) is 12.4 Å². The van der Waals surface area contributed by atoms with Crippen molar-refractivity contribution in [3.63, 3.8) is 0 Å². The average molecular weight is 253 g/mol. The maximum absolute atomic E-state index is 5.07. The van der Waals surface area contributed by atoms with Crippen LogP contribution in [0.2, 0.25) is 0 Å². The number of anilines is 1. The molecule has 0 radical (unpaired) electrons. The topological polar surface area (TPSA) is 39.1 Å². The Bertz CT molecular complexity index is 323. The van der Waals surface area contributed by atoms with Crippen LogP contribution in [0.5, 0.6) is 0 Å². The number of nitrogens with zero attached hydrogens (tertiary/aromatic N) is 2. The molecule has 4 heteroatoms. The summed E-state index contributed by atoms with van der Waals surface area (Å²) in [5.41, 5.74) is 0. The number of aryl methyl sites for hydroxylation is 1. The Hall–Kier alpha value is -1.03. The molecule has 4 nitrogen and oxygen atoms in total. The largest absolute Gasteiger partial charge is 0.385 e. The van der Waals surface area contributed by atoms with E-state index in [1.807, 2.05) is 12.4 Å². The lowest BCUT2D eigenvalue weighted by molar-refractivity contribution is 0.190. The molecule has 104 valence electrons. The summed E-state index contributed by atoms with van der Waals surface area (Å²) in [6.45, 7) is 8.49. The molecule has 0 bridgehead atoms. The first-order valence-electron chi connectivity index (χ1n) is 6.90. The first-order valence-corrected chi connectivity index (χ1v) is 6.90. The Labute approximate surface area is 111 Å². The molecule has 0 aliphatic rings. The van der Waals surface area contributed by atoms with E-state index in [9.17, 15) is 0 Å². The summed E-state index contributed by atoms with van der Waals surface area (Å²) >= 11 is 0. The molecule has 0 fully saturated rings. The molecule has 1 aromatic heterocycles. The lowest BCUT2D eigenvalue weighted by Gasteiger charge is -2.17. The molecular formula is C14H27N3O. The molecule has 0 aliphatic heterocycles. The number of methoxy groups -OCH3 is 1. The van der Waals surface area contributed by atoms with Crippen LogP contribution in [0.15, 0.2) is 12.4 Å². The minimum absolute atomic E-state index is 0.468. The number of nitrogens with one attached hydrogen (secondary N) is 1. The SMILES string of the molecule is COCCCn1ccnc1NC(C)CCC(C)C. The number of rotatable bonds is 9. The molecule has 0 aromatic carbocycles. The second-order valence-electron chi connectivity index (χ2n) is 5.31. The van der Waals surface area contributed by atoms with Crippen LogP contribution in [0.25, 0.3) is 0 Å². The van der Waals surface area contributed by atoms with Crippen LogP contribution in [-0.2, 0) is 11.3 Å². The normalized spacial score (nSPS) is 12.9. The van der Waals surface area contributed by atoms with E-state index in [4.69, 9.17) is 4.74 Å². The zero-order valence-electron chi connectivity index (χ0n) is 12.1. The number of imidazole rings is 1. The lowest BCUT2D eigenvalue weighted by atomic mass is 10.0. The third kappa shape index (κ3) is 5.54. The Morgan fingerprint density at radius 1 is 1.33 bits per heavy atom. The summed E-state index contributed by atoms with van der Waals surface area (Å²) in [5, 5.41) is 3.48. The van der Waals surface area contributed by atoms with Crippen molar-refractivity contribution in [3.8, 4) is 0 Å². The van der Waals surface area contributed by atoms with Gasteiger partial charge in [-0.25, -0.2) is 4.98 Å². The molecular weight excluding hydrogens is 226 g/mol. The quantitative estimate of drug-likeness (QED) is 0.687. The lowest BCUT2D eigenvalue weighted by Crippen LogP contribution is -2.19. The van der Waals surface area contributed by atoms with Gasteiger partial charge in [-0.1, -0.05) is 13.8 Å². The second-order valence-corrected chi connectivity index (χ2v) is 5.31. The zero-order valence-corrected chi connectivity index (χ0v) is 12.1. The van der Waals surface area contributed by atoms with Gasteiger partial charge >= 0.3 is 0 Å². The van der Waals surface area contributed by atoms with Gasteiger partial charge in [-0.3, -0.25) is 0 Å². The summed E-state index contributed by atoms with van der Waals surface area (Å²) in [7, 11) is 1.74. The van der Waals surface area contributed by atoms with E-state index < -0.39 is 0 Å². The summed E-state index contributed by atoms with van der Waals surface area (Å²) in [6.07, 6.45) is 7.32. The molecule has 1 atom stereocenters. The van der Waals surface area contributed by atoms with E-state index in [1.165, 1.54) is 12.8 Å². The van der Waals surface area contributed by atoms with Crippen molar-refractivity contribution < 1.29 is 4.74 Å². The van der Waals surface area contributed by atoms with Crippen molar-refractivity contribution in [2.45, 2.75) is 52.6 Å². The Balaban J connectivity index is 2.38. The molecule has 0 aliphatic carbocycles. The van der Waals surface area contributed by atoms with Gasteiger partial charge in [0.2, 0.25) is 5.95 Å². The monoisotopic (exact) mass is 253 g/mol. The molecule has 0 amide bonds. The third-order valence-electron chi connectivity index (χ3n) is 3.02. The van der Waals surface area contributed by atoms with Gasteiger partial charge in [-0.2, -0.15) is 0 Å². The molecule has 0 saturated carbocycles. The minimum atomic E-state index is 0.468. The number of ether oxygens (including phenoxy) is 1. The first-order chi connectivity index (χ1) is 8.63. The fourth-order valence-electron chi connectivity index (χ4n) is 1.88. The van der Waals surface area contributed by atoms with E-state index in [2.05, 4.69) is 35.6 Å². The van der Waals surface area contributed by atoms with Gasteiger partial charge in [-0.05, 0) is 32.1 Å². The summed E-state index contributed by atoms with van der Waals surface area (Å²) < 4.78 is 7.23. The van der Waals surface area contributed by atoms with Crippen molar-refractivity contribution in [2.24, 2.45) is 5.92 Å². The number of hydrogen-bond acceptors (Lipinski definition) is 3. The Morgan fingerprint density at radius 3 is 2.78 bits per heavy atom. The van der Waals surface area contributed by atoms with Gasteiger partial charge in [0.25, 0.3) is 0 Å². The molecule has 18 heavy (non-hydrogen) atoms. The molecule has 1 aromatic rings. The van der Waals surface area contributed by atoms with Gasteiger partial charge in [0.05, 0.1) is 0 Å². The summed E-state index contributed by atoms with van der Waals surface area (Å²) in [5.74, 6) is 1.73. The van der Waals surface area contributed by atoms with Crippen LogP contribution in [-0.4, -0.2) is 29.3 Å². The maximum atomic E-state index is 5.07. The van der Waals surface area contributed by atoms with Crippen molar-refractivity contribution in [2.75, 3.05) is 19.0 Å². The van der Waals surface area contributed by atoms with Crippen molar-refractivity contribution in [1.82, 2.24) is 9.55 Å². The standard InChI is InChI=1S/C14H27N3O/c1-12(2)6-7-13(3)16-14-15-8-10-17(14)9-5-11-18-4/h8,10,12-13H,5-7,9,11H2,1-4H3,(H,15,16). The highest BCUT2D eigenvalue weighted by Crippen LogP contribution is 2.12. The first kappa shape index (κ1) is 15.0. The van der Waals surface area contributed by atoms with Crippen LogP contribution in [0, 0.1) is 5.92 Å². The van der Waals surface area contributed by atoms with Crippen molar-refractivity contribution >= 4 is 5.95 Å². The van der Waals surface area contributed by atoms with E-state index >= 15 is 0 Å². The minimum Gasteiger partial charge on any atom is -0.385 e. The fraction of sp³-hybridized carbons (Fsp3) is 0.786. The molecule has 0 saturated heterocycles. The number of aromatic nitrogens is 2. The molecule has 1 unspecified atom stereocenters. The van der Waals surface area contributed by atoms with Crippen LogP contribution >= 0.6 is 0 Å². The Morgan fingerprint density at radius 2 is 2.11 bits per heavy atom. The highest BCUT2D eigenvalue weighted by Gasteiger charge is 2.07. The van der Waals surface area contributed by atoms with E-state index in [0.29, 0.717) is 6.04 Å². The highest BCUT2D eigenvalue weighted by atomic mass is 16.5. The van der Waals surface area contributed by atoms with Crippen LogP contribution in [0.3, 0.4) is 0 Å². The number of hydrogen-bond donors (Lipinski definition) is 1. The average Bonchev–Trinajstić information content (AvgIpc) is 2.74. The maximum Gasteiger partial charge on any atom is 0.202 e. The van der Waals surface area contributed by atoms with Crippen LogP contribution in [0.1, 0.15) is 40.0 Å². The van der Waals surface area contributed by atoms with Gasteiger partial charge in [0, 0.05) is 38.7 Å². The molecule has 1 heterocycles. The highest BCUT2D eigenvalue weighted by molar-refractivity contribution is 5.27. The molecule has 0 spiro atoms. The van der Waals surface area contributed by atoms with Gasteiger partial charge in [0.15, 0.2) is 0 Å². The van der Waals surface area contributed by atoms with E-state index in [-0.39, 0.29) is 0 Å². The van der Waals surface area contributed by atoms with E-state index in [0.717, 1.165) is 31.4 Å². The predicted molar refractivity (Wildman–Crippen MR) is 75.9 cm³/mol.